The largest absolute Gasteiger partial charge is 0.462 e. The van der Waals surface area contributed by atoms with Crippen molar-refractivity contribution in [2.75, 3.05) is 26.1 Å². The van der Waals surface area contributed by atoms with Crippen molar-refractivity contribution < 1.29 is 14.3 Å². The van der Waals surface area contributed by atoms with Gasteiger partial charge < -0.3 is 15.2 Å². The second-order valence-electron chi connectivity index (χ2n) is 4.31. The summed E-state index contributed by atoms with van der Waals surface area (Å²) in [6.07, 6.45) is 0. The van der Waals surface area contributed by atoms with Gasteiger partial charge in [0.2, 0.25) is 0 Å². The van der Waals surface area contributed by atoms with E-state index in [0.717, 1.165) is 16.9 Å². The van der Waals surface area contributed by atoms with Crippen molar-refractivity contribution >= 4 is 23.0 Å². The molecule has 0 saturated heterocycles. The Morgan fingerprint density at radius 3 is 2.67 bits per heavy atom. The van der Waals surface area contributed by atoms with Crippen molar-refractivity contribution in [2.45, 2.75) is 6.54 Å². The van der Waals surface area contributed by atoms with Crippen LogP contribution in [0, 0.1) is 0 Å². The van der Waals surface area contributed by atoms with Gasteiger partial charge >= 0.3 is 10.8 Å². The van der Waals surface area contributed by atoms with E-state index in [1.165, 1.54) is 11.7 Å². The number of hydrogen-bond donors (Lipinski definition) is 1. The Labute approximate surface area is 125 Å². The smallest absolute Gasteiger partial charge is 0.326 e. The van der Waals surface area contributed by atoms with Gasteiger partial charge in [-0.15, -0.1) is 0 Å². The van der Waals surface area contributed by atoms with Crippen LogP contribution in [0.3, 0.4) is 0 Å². The van der Waals surface area contributed by atoms with Crippen LogP contribution in [-0.4, -0.2) is 30.9 Å². The first-order chi connectivity index (χ1) is 10.1. The molecule has 0 aliphatic carbocycles. The molecule has 1 aromatic carbocycles. The summed E-state index contributed by atoms with van der Waals surface area (Å²) >= 11 is 1.04. The monoisotopic (exact) mass is 308 g/mol. The minimum Gasteiger partial charge on any atom is -0.462 e. The van der Waals surface area contributed by atoms with E-state index in [1.807, 2.05) is 12.1 Å². The molecular formula is C14H16N2O4S. The molecule has 0 radical (unpaired) electrons. The molecule has 7 heteroatoms. The lowest BCUT2D eigenvalue weighted by molar-refractivity contribution is -0.145. The first-order valence-corrected chi connectivity index (χ1v) is 7.18. The average molecular weight is 308 g/mol. The third-order valence-corrected chi connectivity index (χ3v) is 3.59. The summed E-state index contributed by atoms with van der Waals surface area (Å²) < 4.78 is 11.2. The van der Waals surface area contributed by atoms with Crippen LogP contribution in [0.15, 0.2) is 34.4 Å². The number of nitrogen functional groups attached to an aromatic ring is 1. The second-order valence-corrected chi connectivity index (χ2v) is 5.13. The zero-order chi connectivity index (χ0) is 15.2. The van der Waals surface area contributed by atoms with Gasteiger partial charge in [-0.2, -0.15) is 0 Å². The molecule has 0 fully saturated rings. The Bertz CT molecular complexity index is 660. The standard InChI is InChI=1S/C14H16N2O4S/c1-19-6-7-20-13(17)8-16-12(9-21-14(16)18)10-2-4-11(15)5-3-10/h2-5,9H,6-8,15H2,1H3. The Morgan fingerprint density at radius 2 is 2.00 bits per heavy atom. The number of nitrogens with zero attached hydrogens (tertiary/aromatic N) is 1. The summed E-state index contributed by atoms with van der Waals surface area (Å²) in [5, 5.41) is 1.72. The van der Waals surface area contributed by atoms with Crippen molar-refractivity contribution in [3.63, 3.8) is 0 Å². The first-order valence-electron chi connectivity index (χ1n) is 6.30. The minimum absolute atomic E-state index is 0.119. The number of esters is 1. The van der Waals surface area contributed by atoms with E-state index in [-0.39, 0.29) is 18.0 Å². The number of carbonyl (C=O) groups is 1. The topological polar surface area (TPSA) is 83.6 Å². The number of ether oxygens (including phenoxy) is 2. The summed E-state index contributed by atoms with van der Waals surface area (Å²) in [6, 6.07) is 7.12. The summed E-state index contributed by atoms with van der Waals surface area (Å²) in [7, 11) is 1.52. The van der Waals surface area contributed by atoms with E-state index < -0.39 is 5.97 Å². The Morgan fingerprint density at radius 1 is 1.29 bits per heavy atom. The van der Waals surface area contributed by atoms with Crippen LogP contribution < -0.4 is 10.6 Å². The molecule has 0 unspecified atom stereocenters. The molecule has 0 saturated carbocycles. The van der Waals surface area contributed by atoms with Gasteiger partial charge in [-0.25, -0.2) is 0 Å². The highest BCUT2D eigenvalue weighted by molar-refractivity contribution is 7.07. The zero-order valence-corrected chi connectivity index (χ0v) is 12.4. The summed E-state index contributed by atoms with van der Waals surface area (Å²) in [5.41, 5.74) is 7.79. The second kappa shape index (κ2) is 7.05. The quantitative estimate of drug-likeness (QED) is 0.495. The number of anilines is 1. The Kier molecular flexibility index (Phi) is 5.13. The number of methoxy groups -OCH3 is 1. The SMILES string of the molecule is COCCOC(=O)Cn1c(-c2ccc(N)cc2)csc1=O. The van der Waals surface area contributed by atoms with E-state index in [4.69, 9.17) is 15.2 Å². The van der Waals surface area contributed by atoms with E-state index in [0.29, 0.717) is 18.0 Å². The summed E-state index contributed by atoms with van der Waals surface area (Å²) in [6.45, 7) is 0.381. The number of rotatable bonds is 6. The number of benzene rings is 1. The molecular weight excluding hydrogens is 292 g/mol. The lowest BCUT2D eigenvalue weighted by atomic mass is 10.1. The fraction of sp³-hybridized carbons (Fsp3) is 0.286. The number of hydrogen-bond acceptors (Lipinski definition) is 6. The highest BCUT2D eigenvalue weighted by atomic mass is 32.1. The molecule has 112 valence electrons. The van der Waals surface area contributed by atoms with E-state index >= 15 is 0 Å². The van der Waals surface area contributed by atoms with Crippen LogP contribution >= 0.6 is 11.3 Å². The average Bonchev–Trinajstić information content (AvgIpc) is 2.82. The van der Waals surface area contributed by atoms with E-state index in [2.05, 4.69) is 0 Å². The predicted octanol–water partition coefficient (Wildman–Crippen LogP) is 1.35. The molecule has 0 bridgehead atoms. The van der Waals surface area contributed by atoms with Crippen LogP contribution in [0.1, 0.15) is 0 Å². The molecule has 0 aliphatic rings. The predicted molar refractivity (Wildman–Crippen MR) is 81.3 cm³/mol. The van der Waals surface area contributed by atoms with Crippen LogP contribution in [0.25, 0.3) is 11.3 Å². The fourth-order valence-electron chi connectivity index (χ4n) is 1.77. The summed E-state index contributed by atoms with van der Waals surface area (Å²) in [5.74, 6) is -0.468. The number of carbonyl (C=O) groups excluding carboxylic acids is 1. The van der Waals surface area contributed by atoms with Gasteiger partial charge in [0.25, 0.3) is 0 Å². The van der Waals surface area contributed by atoms with Gasteiger partial charge in [-0.1, -0.05) is 23.5 Å². The van der Waals surface area contributed by atoms with Crippen LogP contribution in [0.4, 0.5) is 5.69 Å². The molecule has 0 atom stereocenters. The van der Waals surface area contributed by atoms with Crippen molar-refractivity contribution in [1.29, 1.82) is 0 Å². The molecule has 6 nitrogen and oxygen atoms in total. The third kappa shape index (κ3) is 3.93. The third-order valence-electron chi connectivity index (χ3n) is 2.83. The fourth-order valence-corrected chi connectivity index (χ4v) is 2.54. The molecule has 2 aromatic rings. The molecule has 1 aromatic heterocycles. The number of thiazole rings is 1. The lowest BCUT2D eigenvalue weighted by Crippen LogP contribution is -2.22. The maximum atomic E-state index is 11.9. The molecule has 0 amide bonds. The van der Waals surface area contributed by atoms with Crippen LogP contribution in [0.2, 0.25) is 0 Å². The first kappa shape index (κ1) is 15.3. The molecule has 21 heavy (non-hydrogen) atoms. The zero-order valence-electron chi connectivity index (χ0n) is 11.6. The van der Waals surface area contributed by atoms with Crippen molar-refractivity contribution in [3.8, 4) is 11.3 Å². The van der Waals surface area contributed by atoms with Crippen LogP contribution in [0.5, 0.6) is 0 Å². The highest BCUT2D eigenvalue weighted by Crippen LogP contribution is 2.21. The van der Waals surface area contributed by atoms with Crippen molar-refractivity contribution in [1.82, 2.24) is 4.57 Å². The molecule has 0 aliphatic heterocycles. The normalized spacial score (nSPS) is 10.5. The van der Waals surface area contributed by atoms with Crippen LogP contribution in [-0.2, 0) is 20.8 Å². The van der Waals surface area contributed by atoms with Gasteiger partial charge in [0.1, 0.15) is 13.2 Å². The van der Waals surface area contributed by atoms with Crippen molar-refractivity contribution in [3.05, 3.63) is 39.3 Å². The molecule has 1 heterocycles. The molecule has 2 N–H and O–H groups in total. The minimum atomic E-state index is -0.468. The van der Waals surface area contributed by atoms with E-state index in [1.54, 1.807) is 17.5 Å². The summed E-state index contributed by atoms with van der Waals surface area (Å²) in [4.78, 5) is 23.4. The van der Waals surface area contributed by atoms with Gasteiger partial charge in [0, 0.05) is 18.2 Å². The number of aromatic nitrogens is 1. The maximum absolute atomic E-state index is 11.9. The van der Waals surface area contributed by atoms with Crippen molar-refractivity contribution in [2.24, 2.45) is 0 Å². The molecule has 2 rings (SSSR count). The van der Waals surface area contributed by atoms with Gasteiger partial charge in [-0.3, -0.25) is 14.2 Å². The van der Waals surface area contributed by atoms with Gasteiger partial charge in [0.05, 0.1) is 12.3 Å². The van der Waals surface area contributed by atoms with Gasteiger partial charge in [0.15, 0.2) is 0 Å². The highest BCUT2D eigenvalue weighted by Gasteiger charge is 2.13. The van der Waals surface area contributed by atoms with Gasteiger partial charge in [-0.05, 0) is 17.7 Å². The lowest BCUT2D eigenvalue weighted by Gasteiger charge is -2.08. The Hall–Kier alpha value is -2.12. The number of nitrogens with two attached hydrogens (primary N) is 1. The van der Waals surface area contributed by atoms with E-state index in [9.17, 15) is 9.59 Å². The Balaban J connectivity index is 2.17. The molecule has 0 spiro atoms. The maximum Gasteiger partial charge on any atom is 0.326 e.